The minimum Gasteiger partial charge on any atom is -0.399 e. The number of aliphatic hydroxyl groups excluding tert-OH is 1. The molecule has 1 fully saturated rings. The number of hydrogen-bond donors (Lipinski definition) is 3. The number of benzene rings is 1. The minimum absolute atomic E-state index is 0.0689. The summed E-state index contributed by atoms with van der Waals surface area (Å²) in [7, 11) is 0. The summed E-state index contributed by atoms with van der Waals surface area (Å²) in [6, 6.07) is 2.34. The maximum atomic E-state index is 14.1. The molecule has 0 spiro atoms. The number of nitrogens with two attached hydrogens (primary N) is 2. The summed E-state index contributed by atoms with van der Waals surface area (Å²) in [5, 5.41) is 9.82. The Morgan fingerprint density at radius 2 is 2.15 bits per heavy atom. The van der Waals surface area contributed by atoms with Crippen LogP contribution in [0.5, 0.6) is 0 Å². The van der Waals surface area contributed by atoms with Crippen molar-refractivity contribution >= 4 is 22.6 Å². The van der Waals surface area contributed by atoms with Crippen LogP contribution in [-0.2, 0) is 5.54 Å². The molecule has 1 heterocycles. The average molecular weight is 299 g/mol. The van der Waals surface area contributed by atoms with Gasteiger partial charge in [0, 0.05) is 17.2 Å². The highest BCUT2D eigenvalue weighted by molar-refractivity contribution is 8.15. The van der Waals surface area contributed by atoms with E-state index in [0.717, 1.165) is 6.07 Å². The number of rotatable bonds is 2. The second kappa shape index (κ2) is 4.08. The Morgan fingerprint density at radius 3 is 2.80 bits per heavy atom. The molecule has 2 aliphatic rings. The van der Waals surface area contributed by atoms with E-state index in [1.807, 2.05) is 0 Å². The van der Waals surface area contributed by atoms with E-state index in [1.165, 1.54) is 17.8 Å². The third-order valence-corrected chi connectivity index (χ3v) is 5.50. The van der Waals surface area contributed by atoms with Crippen LogP contribution in [0.25, 0.3) is 0 Å². The van der Waals surface area contributed by atoms with Crippen molar-refractivity contribution < 1.29 is 13.9 Å². The Morgan fingerprint density at radius 1 is 1.45 bits per heavy atom. The van der Waals surface area contributed by atoms with Gasteiger partial charge < -0.3 is 16.6 Å². The summed E-state index contributed by atoms with van der Waals surface area (Å²) >= 11 is 1.30. The molecule has 3 atom stereocenters. The number of nitrogens with zero attached hydrogens (tertiary/aromatic N) is 1. The lowest BCUT2D eigenvalue weighted by Gasteiger charge is -2.33. The van der Waals surface area contributed by atoms with Gasteiger partial charge in [-0.15, -0.1) is 0 Å². The second-order valence-electron chi connectivity index (χ2n) is 5.54. The van der Waals surface area contributed by atoms with Crippen LogP contribution >= 0.6 is 11.8 Å². The summed E-state index contributed by atoms with van der Waals surface area (Å²) in [5.74, 6) is -2.04. The van der Waals surface area contributed by atoms with Crippen molar-refractivity contribution in [2.24, 2.45) is 16.6 Å². The monoisotopic (exact) mass is 299 g/mol. The standard InChI is InChI=1S/C13H15F2N3OS/c1-12(7-2-6(16)3-8(14)10(7)15)9-4-13(9,5-19)20-11(17)18-12/h2-3,9,19H,4-5,16H2,1H3,(H2,17,18)/t9-,12+,13-/m0/s1. The first-order valence-electron chi connectivity index (χ1n) is 6.22. The molecule has 1 saturated carbocycles. The van der Waals surface area contributed by atoms with Crippen molar-refractivity contribution in [2.75, 3.05) is 12.3 Å². The molecule has 0 unspecified atom stereocenters. The van der Waals surface area contributed by atoms with E-state index in [9.17, 15) is 13.9 Å². The van der Waals surface area contributed by atoms with E-state index in [2.05, 4.69) is 4.99 Å². The highest BCUT2D eigenvalue weighted by Gasteiger charge is 2.66. The topological polar surface area (TPSA) is 84.6 Å². The lowest BCUT2D eigenvalue weighted by molar-refractivity contribution is 0.264. The van der Waals surface area contributed by atoms with E-state index in [0.29, 0.717) is 6.42 Å². The van der Waals surface area contributed by atoms with Gasteiger partial charge in [0.05, 0.1) is 16.9 Å². The SMILES string of the molecule is C[C@]1(c2cc(N)cc(F)c2F)N=C(N)S[C@]2(CO)C[C@H]21. The molecule has 1 aliphatic carbocycles. The van der Waals surface area contributed by atoms with E-state index >= 15 is 0 Å². The zero-order chi connectivity index (χ0) is 14.7. The number of fused-ring (bicyclic) bond motifs is 1. The van der Waals surface area contributed by atoms with Crippen LogP contribution < -0.4 is 11.5 Å². The number of halogens is 2. The first-order chi connectivity index (χ1) is 9.32. The van der Waals surface area contributed by atoms with Gasteiger partial charge in [0.1, 0.15) is 0 Å². The van der Waals surface area contributed by atoms with Crippen molar-refractivity contribution in [3.8, 4) is 0 Å². The minimum atomic E-state index is -1.00. The smallest absolute Gasteiger partial charge is 0.164 e. The number of hydrogen-bond acceptors (Lipinski definition) is 5. The zero-order valence-electron chi connectivity index (χ0n) is 10.9. The van der Waals surface area contributed by atoms with Gasteiger partial charge >= 0.3 is 0 Å². The average Bonchev–Trinajstić information content (AvgIpc) is 3.09. The summed E-state index contributed by atoms with van der Waals surface area (Å²) in [6.45, 7) is 1.64. The first kappa shape index (κ1) is 13.6. The predicted octanol–water partition coefficient (Wildman–Crippen LogP) is 1.57. The molecular weight excluding hydrogens is 284 g/mol. The van der Waals surface area contributed by atoms with E-state index in [-0.39, 0.29) is 28.9 Å². The number of anilines is 1. The fraction of sp³-hybridized carbons (Fsp3) is 0.462. The van der Waals surface area contributed by atoms with Crippen molar-refractivity contribution in [1.82, 2.24) is 0 Å². The molecule has 1 aliphatic heterocycles. The third-order valence-electron chi connectivity index (χ3n) is 4.22. The van der Waals surface area contributed by atoms with Crippen molar-refractivity contribution in [3.05, 3.63) is 29.3 Å². The van der Waals surface area contributed by atoms with Crippen LogP contribution in [-0.4, -0.2) is 21.6 Å². The summed E-state index contributed by atoms with van der Waals surface area (Å²) < 4.78 is 27.3. The van der Waals surface area contributed by atoms with Gasteiger partial charge in [-0.1, -0.05) is 11.8 Å². The Balaban J connectivity index is 2.16. The second-order valence-corrected chi connectivity index (χ2v) is 6.98. The molecule has 0 bridgehead atoms. The largest absolute Gasteiger partial charge is 0.399 e. The van der Waals surface area contributed by atoms with Crippen LogP contribution in [0.1, 0.15) is 18.9 Å². The summed E-state index contributed by atoms with van der Waals surface area (Å²) in [5.41, 5.74) is 10.7. The fourth-order valence-electron chi connectivity index (χ4n) is 3.08. The highest BCUT2D eigenvalue weighted by atomic mass is 32.2. The van der Waals surface area contributed by atoms with Crippen molar-refractivity contribution in [1.29, 1.82) is 0 Å². The van der Waals surface area contributed by atoms with Crippen molar-refractivity contribution in [3.63, 3.8) is 0 Å². The van der Waals surface area contributed by atoms with Gasteiger partial charge in [0.2, 0.25) is 0 Å². The van der Waals surface area contributed by atoms with Gasteiger partial charge in [-0.2, -0.15) is 0 Å². The molecule has 0 saturated heterocycles. The normalized spacial score (nSPS) is 35.4. The van der Waals surface area contributed by atoms with E-state index in [1.54, 1.807) is 6.92 Å². The van der Waals surface area contributed by atoms with Crippen molar-refractivity contribution in [2.45, 2.75) is 23.6 Å². The van der Waals surface area contributed by atoms with Gasteiger partial charge in [-0.05, 0) is 25.5 Å². The van der Waals surface area contributed by atoms with Gasteiger partial charge in [-0.3, -0.25) is 4.99 Å². The zero-order valence-corrected chi connectivity index (χ0v) is 11.7. The molecule has 20 heavy (non-hydrogen) atoms. The number of nitrogen functional groups attached to an aromatic ring is 1. The Bertz CT molecular complexity index is 624. The Labute approximate surface area is 119 Å². The molecule has 0 amide bonds. The van der Waals surface area contributed by atoms with Gasteiger partial charge in [0.25, 0.3) is 0 Å². The number of thioether (sulfide) groups is 1. The summed E-state index contributed by atoms with van der Waals surface area (Å²) in [6.07, 6.45) is 0.657. The Kier molecular flexibility index (Phi) is 2.78. The van der Waals surface area contributed by atoms with Crippen LogP contribution in [0, 0.1) is 17.6 Å². The molecule has 108 valence electrons. The number of aliphatic imine (C=N–C) groups is 1. The lowest BCUT2D eigenvalue weighted by Crippen LogP contribution is -2.37. The summed E-state index contributed by atoms with van der Waals surface area (Å²) in [4.78, 5) is 4.33. The molecule has 4 nitrogen and oxygen atoms in total. The molecule has 0 radical (unpaired) electrons. The van der Waals surface area contributed by atoms with Crippen LogP contribution in [0.2, 0.25) is 0 Å². The molecule has 5 N–H and O–H groups in total. The number of aliphatic hydroxyl groups is 1. The molecule has 7 heteroatoms. The molecule has 1 aromatic carbocycles. The van der Waals surface area contributed by atoms with E-state index in [4.69, 9.17) is 11.5 Å². The van der Waals surface area contributed by atoms with Crippen LogP contribution in [0.3, 0.4) is 0 Å². The van der Waals surface area contributed by atoms with Gasteiger partial charge in [0.15, 0.2) is 16.8 Å². The molecule has 0 aromatic heterocycles. The highest BCUT2D eigenvalue weighted by Crippen LogP contribution is 2.65. The van der Waals surface area contributed by atoms with Gasteiger partial charge in [-0.25, -0.2) is 8.78 Å². The third kappa shape index (κ3) is 1.73. The first-order valence-corrected chi connectivity index (χ1v) is 7.04. The maximum Gasteiger partial charge on any atom is 0.164 e. The maximum absolute atomic E-state index is 14.1. The Hall–Kier alpha value is -1.34. The number of amidine groups is 1. The quantitative estimate of drug-likeness (QED) is 0.724. The molecular formula is C13H15F2N3OS. The van der Waals surface area contributed by atoms with E-state index < -0.39 is 21.9 Å². The van der Waals surface area contributed by atoms with Crippen LogP contribution in [0.15, 0.2) is 17.1 Å². The molecule has 3 rings (SSSR count). The molecule has 1 aromatic rings. The fourth-order valence-corrected chi connectivity index (χ4v) is 4.42. The predicted molar refractivity (Wildman–Crippen MR) is 75.3 cm³/mol. The van der Waals surface area contributed by atoms with Crippen LogP contribution in [0.4, 0.5) is 14.5 Å². The lowest BCUT2D eigenvalue weighted by atomic mass is 9.85.